The molecule has 1 heterocycles. The number of aromatic amines is 1. The minimum atomic E-state index is -4.79. The van der Waals surface area contributed by atoms with Crippen molar-refractivity contribution in [2.24, 2.45) is 0 Å². The summed E-state index contributed by atoms with van der Waals surface area (Å²) < 4.78 is 46.7. The number of carboxylic acid groups (broad SMARTS) is 1. The van der Waals surface area contributed by atoms with Gasteiger partial charge in [-0.3, -0.25) is 4.79 Å². The van der Waals surface area contributed by atoms with Crippen LogP contribution in [0.25, 0.3) is 10.9 Å². The van der Waals surface area contributed by atoms with Crippen LogP contribution in [0.2, 0.25) is 10.0 Å². The summed E-state index contributed by atoms with van der Waals surface area (Å²) in [6.07, 6.45) is -2.96. The van der Waals surface area contributed by atoms with E-state index in [9.17, 15) is 18.0 Å². The zero-order valence-corrected chi connectivity index (χ0v) is 18.4. The number of benzene rings is 3. The molecule has 0 fully saturated rings. The molecule has 4 rings (SSSR count). The first-order chi connectivity index (χ1) is 15.6. The number of H-pyrrole nitrogens is 1. The lowest BCUT2D eigenvalue weighted by Crippen LogP contribution is -2.10. The molecule has 0 unspecified atom stereocenters. The molecule has 33 heavy (non-hydrogen) atoms. The Kier molecular flexibility index (Phi) is 6.28. The van der Waals surface area contributed by atoms with Gasteiger partial charge in [-0.2, -0.15) is 13.2 Å². The minimum Gasteiger partial charge on any atom is -0.481 e. The maximum atomic E-state index is 13.7. The highest BCUT2D eigenvalue weighted by Crippen LogP contribution is 2.43. The van der Waals surface area contributed by atoms with Crippen molar-refractivity contribution in [2.45, 2.75) is 19.0 Å². The Morgan fingerprint density at radius 2 is 1.73 bits per heavy atom. The van der Waals surface area contributed by atoms with E-state index in [4.69, 9.17) is 33.0 Å². The smallest absolute Gasteiger partial charge is 0.420 e. The van der Waals surface area contributed by atoms with Crippen LogP contribution in [0.15, 0.2) is 60.8 Å². The second-order valence-electron chi connectivity index (χ2n) is 7.45. The minimum absolute atomic E-state index is 0.0708. The van der Waals surface area contributed by atoms with Gasteiger partial charge in [0.25, 0.3) is 0 Å². The van der Waals surface area contributed by atoms with E-state index >= 15 is 0 Å². The van der Waals surface area contributed by atoms with Crippen LogP contribution in [0.3, 0.4) is 0 Å². The molecule has 9 heteroatoms. The average molecular weight is 494 g/mol. The lowest BCUT2D eigenvalue weighted by molar-refractivity contribution is -0.139. The summed E-state index contributed by atoms with van der Waals surface area (Å²) >= 11 is 12.0. The van der Waals surface area contributed by atoms with E-state index in [1.54, 1.807) is 24.3 Å². The van der Waals surface area contributed by atoms with Crippen molar-refractivity contribution in [1.82, 2.24) is 4.98 Å². The maximum Gasteiger partial charge on any atom is 0.420 e. The lowest BCUT2D eigenvalue weighted by Gasteiger charge is -2.17. The van der Waals surface area contributed by atoms with Gasteiger partial charge < -0.3 is 14.8 Å². The molecular weight excluding hydrogens is 478 g/mol. The lowest BCUT2D eigenvalue weighted by atomic mass is 10.0. The van der Waals surface area contributed by atoms with Gasteiger partial charge in [0, 0.05) is 22.1 Å². The fourth-order valence-electron chi connectivity index (χ4n) is 3.55. The van der Waals surface area contributed by atoms with Crippen LogP contribution < -0.4 is 4.74 Å². The number of hydrogen-bond donors (Lipinski definition) is 2. The van der Waals surface area contributed by atoms with E-state index in [0.717, 1.165) is 28.1 Å². The standard InChI is InChI=1S/C24H16Cl2F3NO3/c25-16-3-1-13(2-4-16)7-15-12-30-21-6-5-17(11-18(15)21)33-23-19(24(27,28)29)8-14(9-20(23)26)10-22(31)32/h1-6,8-9,11-12,30H,7,10H2,(H,31,32). The fraction of sp³-hybridized carbons (Fsp3) is 0.125. The van der Waals surface area contributed by atoms with Crippen LogP contribution in [0.4, 0.5) is 13.2 Å². The molecule has 0 amide bonds. The van der Waals surface area contributed by atoms with Gasteiger partial charge in [0.05, 0.1) is 17.0 Å². The molecular formula is C24H16Cl2F3NO3. The third-order valence-corrected chi connectivity index (χ3v) is 5.56. The predicted molar refractivity (Wildman–Crippen MR) is 120 cm³/mol. The Bertz CT molecular complexity index is 1330. The summed E-state index contributed by atoms with van der Waals surface area (Å²) in [6.45, 7) is 0. The first kappa shape index (κ1) is 23.0. The first-order valence-electron chi connectivity index (χ1n) is 9.74. The Balaban J connectivity index is 1.70. The average Bonchev–Trinajstić information content (AvgIpc) is 3.12. The quantitative estimate of drug-likeness (QED) is 0.292. The molecule has 0 radical (unpaired) electrons. The van der Waals surface area contributed by atoms with Crippen molar-refractivity contribution < 1.29 is 27.8 Å². The van der Waals surface area contributed by atoms with Gasteiger partial charge in [0.1, 0.15) is 5.75 Å². The molecule has 0 aliphatic carbocycles. The number of carbonyl (C=O) groups is 1. The summed E-state index contributed by atoms with van der Waals surface area (Å²) in [7, 11) is 0. The fourth-order valence-corrected chi connectivity index (χ4v) is 3.95. The van der Waals surface area contributed by atoms with E-state index in [-0.39, 0.29) is 16.3 Å². The Labute approximate surface area is 196 Å². The molecule has 1 aromatic heterocycles. The Hall–Kier alpha value is -3.16. The zero-order valence-electron chi connectivity index (χ0n) is 16.8. The summed E-state index contributed by atoms with van der Waals surface area (Å²) in [5.41, 5.74) is 1.53. The van der Waals surface area contributed by atoms with Crippen molar-refractivity contribution in [3.63, 3.8) is 0 Å². The van der Waals surface area contributed by atoms with Crippen molar-refractivity contribution in [1.29, 1.82) is 0 Å². The number of aromatic nitrogens is 1. The summed E-state index contributed by atoms with van der Waals surface area (Å²) in [5, 5.41) is 10.0. The second kappa shape index (κ2) is 9.00. The van der Waals surface area contributed by atoms with E-state index in [1.807, 2.05) is 18.3 Å². The molecule has 4 aromatic rings. The van der Waals surface area contributed by atoms with Crippen LogP contribution in [0.1, 0.15) is 22.3 Å². The Morgan fingerprint density at radius 1 is 1.00 bits per heavy atom. The highest BCUT2D eigenvalue weighted by atomic mass is 35.5. The first-order valence-corrected chi connectivity index (χ1v) is 10.5. The molecule has 0 saturated heterocycles. The summed E-state index contributed by atoms with van der Waals surface area (Å²) in [6, 6.07) is 14.2. The molecule has 2 N–H and O–H groups in total. The van der Waals surface area contributed by atoms with Gasteiger partial charge in [0.15, 0.2) is 5.75 Å². The van der Waals surface area contributed by atoms with E-state index in [1.165, 1.54) is 12.1 Å². The Morgan fingerprint density at radius 3 is 2.39 bits per heavy atom. The molecule has 0 bridgehead atoms. The van der Waals surface area contributed by atoms with Crippen molar-refractivity contribution in [3.05, 3.63) is 93.1 Å². The summed E-state index contributed by atoms with van der Waals surface area (Å²) in [5.74, 6) is -1.68. The number of aliphatic carboxylic acids is 1. The van der Waals surface area contributed by atoms with E-state index < -0.39 is 29.9 Å². The largest absolute Gasteiger partial charge is 0.481 e. The molecule has 4 nitrogen and oxygen atoms in total. The zero-order chi connectivity index (χ0) is 23.8. The van der Waals surface area contributed by atoms with Crippen molar-refractivity contribution in [3.8, 4) is 11.5 Å². The van der Waals surface area contributed by atoms with Gasteiger partial charge in [0.2, 0.25) is 0 Å². The monoisotopic (exact) mass is 493 g/mol. The normalized spacial score (nSPS) is 11.7. The molecule has 0 atom stereocenters. The number of halogens is 5. The number of hydrogen-bond acceptors (Lipinski definition) is 2. The molecule has 0 saturated carbocycles. The van der Waals surface area contributed by atoms with Crippen molar-refractivity contribution in [2.75, 3.05) is 0 Å². The van der Waals surface area contributed by atoms with Gasteiger partial charge in [-0.15, -0.1) is 0 Å². The number of alkyl halides is 3. The third kappa shape index (κ3) is 5.26. The van der Waals surface area contributed by atoms with Crippen LogP contribution in [0, 0.1) is 0 Å². The van der Waals surface area contributed by atoms with Crippen molar-refractivity contribution >= 4 is 40.1 Å². The highest BCUT2D eigenvalue weighted by molar-refractivity contribution is 6.32. The predicted octanol–water partition coefficient (Wildman–Crippen LogP) is 7.50. The van der Waals surface area contributed by atoms with Gasteiger partial charge in [-0.25, -0.2) is 0 Å². The van der Waals surface area contributed by atoms with Crippen LogP contribution in [-0.2, 0) is 23.8 Å². The van der Waals surface area contributed by atoms with E-state index in [0.29, 0.717) is 11.4 Å². The SMILES string of the molecule is O=C(O)Cc1cc(Cl)c(Oc2ccc3[nH]cc(Cc4ccc(Cl)cc4)c3c2)c(C(F)(F)F)c1. The molecule has 3 aromatic carbocycles. The molecule has 170 valence electrons. The van der Waals surface area contributed by atoms with Gasteiger partial charge in [-0.05, 0) is 65.6 Å². The number of carboxylic acids is 1. The number of nitrogens with one attached hydrogen (secondary N) is 1. The second-order valence-corrected chi connectivity index (χ2v) is 8.29. The third-order valence-electron chi connectivity index (χ3n) is 5.03. The van der Waals surface area contributed by atoms with Gasteiger partial charge >= 0.3 is 12.1 Å². The summed E-state index contributed by atoms with van der Waals surface area (Å²) in [4.78, 5) is 14.1. The van der Waals surface area contributed by atoms with E-state index in [2.05, 4.69) is 4.98 Å². The van der Waals surface area contributed by atoms with Crippen LogP contribution in [-0.4, -0.2) is 16.1 Å². The number of ether oxygens (including phenoxy) is 1. The molecule has 0 spiro atoms. The van der Waals surface area contributed by atoms with Gasteiger partial charge in [-0.1, -0.05) is 35.3 Å². The maximum absolute atomic E-state index is 13.7. The topological polar surface area (TPSA) is 62.3 Å². The number of rotatable bonds is 6. The number of fused-ring (bicyclic) bond motifs is 1. The molecule has 0 aliphatic rings. The van der Waals surface area contributed by atoms with Crippen LogP contribution in [0.5, 0.6) is 11.5 Å². The van der Waals surface area contributed by atoms with Crippen LogP contribution >= 0.6 is 23.2 Å². The highest BCUT2D eigenvalue weighted by Gasteiger charge is 2.36. The molecule has 0 aliphatic heterocycles.